The Bertz CT molecular complexity index is 289. The molecular formula is C15H30N2O3. The quantitative estimate of drug-likeness (QED) is 0.708. The minimum atomic E-state index is -0.298. The van der Waals surface area contributed by atoms with Crippen molar-refractivity contribution in [3.05, 3.63) is 0 Å². The highest BCUT2D eigenvalue weighted by Gasteiger charge is 2.35. The van der Waals surface area contributed by atoms with E-state index in [1.165, 1.54) is 6.42 Å². The van der Waals surface area contributed by atoms with Gasteiger partial charge in [0.1, 0.15) is 6.61 Å². The van der Waals surface area contributed by atoms with Gasteiger partial charge in [0.15, 0.2) is 0 Å². The van der Waals surface area contributed by atoms with E-state index in [4.69, 9.17) is 15.2 Å². The molecule has 20 heavy (non-hydrogen) atoms. The van der Waals surface area contributed by atoms with E-state index in [2.05, 4.69) is 12.2 Å². The van der Waals surface area contributed by atoms with Crippen LogP contribution in [0, 0.1) is 5.92 Å². The van der Waals surface area contributed by atoms with Gasteiger partial charge >= 0.3 is 0 Å². The van der Waals surface area contributed by atoms with Crippen LogP contribution in [0.15, 0.2) is 0 Å². The first-order chi connectivity index (χ1) is 9.55. The molecule has 1 amide bonds. The normalized spacial score (nSPS) is 28.1. The smallest absolute Gasteiger partial charge is 0.246 e. The molecule has 1 aliphatic carbocycles. The Hall–Kier alpha value is -0.650. The van der Waals surface area contributed by atoms with Gasteiger partial charge in [0.25, 0.3) is 0 Å². The Kier molecular flexibility index (Phi) is 7.48. The SMILES string of the molecule is CCC1CCC(CN)(OCC(=O)NC(C)COC)CC1. The molecule has 0 heterocycles. The molecule has 0 aliphatic heterocycles. The summed E-state index contributed by atoms with van der Waals surface area (Å²) in [6, 6.07) is 0.000698. The number of nitrogens with one attached hydrogen (secondary N) is 1. The number of methoxy groups -OCH3 is 1. The monoisotopic (exact) mass is 286 g/mol. The van der Waals surface area contributed by atoms with Crippen LogP contribution in [0.2, 0.25) is 0 Å². The summed E-state index contributed by atoms with van der Waals surface area (Å²) < 4.78 is 10.9. The first-order valence-corrected chi connectivity index (χ1v) is 7.67. The number of amides is 1. The molecular weight excluding hydrogens is 256 g/mol. The van der Waals surface area contributed by atoms with Crippen molar-refractivity contribution >= 4 is 5.91 Å². The second-order valence-electron chi connectivity index (χ2n) is 5.95. The summed E-state index contributed by atoms with van der Waals surface area (Å²) in [6.45, 7) is 5.22. The van der Waals surface area contributed by atoms with Gasteiger partial charge in [-0.2, -0.15) is 0 Å². The van der Waals surface area contributed by atoms with E-state index in [1.807, 2.05) is 6.92 Å². The van der Waals surface area contributed by atoms with Crippen LogP contribution in [0.4, 0.5) is 0 Å². The third kappa shape index (κ3) is 5.38. The zero-order valence-electron chi connectivity index (χ0n) is 13.1. The van der Waals surface area contributed by atoms with Crippen LogP contribution in [-0.4, -0.2) is 44.4 Å². The number of carbonyl (C=O) groups is 1. The first kappa shape index (κ1) is 17.4. The van der Waals surface area contributed by atoms with Crippen LogP contribution in [0.25, 0.3) is 0 Å². The van der Waals surface area contributed by atoms with Crippen molar-refractivity contribution in [1.29, 1.82) is 0 Å². The van der Waals surface area contributed by atoms with Gasteiger partial charge in [-0.3, -0.25) is 4.79 Å². The molecule has 118 valence electrons. The van der Waals surface area contributed by atoms with E-state index in [0.29, 0.717) is 13.2 Å². The van der Waals surface area contributed by atoms with E-state index < -0.39 is 0 Å². The van der Waals surface area contributed by atoms with Crippen molar-refractivity contribution in [3.63, 3.8) is 0 Å². The fourth-order valence-electron chi connectivity index (χ4n) is 2.85. The summed E-state index contributed by atoms with van der Waals surface area (Å²) in [7, 11) is 1.62. The van der Waals surface area contributed by atoms with E-state index >= 15 is 0 Å². The van der Waals surface area contributed by atoms with Gasteiger partial charge in [0.2, 0.25) is 5.91 Å². The lowest BCUT2D eigenvalue weighted by Crippen LogP contribution is -2.47. The lowest BCUT2D eigenvalue weighted by Gasteiger charge is -2.39. The maximum absolute atomic E-state index is 11.8. The number of rotatable bonds is 8. The maximum atomic E-state index is 11.8. The largest absolute Gasteiger partial charge is 0.383 e. The predicted octanol–water partition coefficient (Wildman–Crippen LogP) is 1.45. The Morgan fingerprint density at radius 2 is 2.10 bits per heavy atom. The number of hydrogen-bond acceptors (Lipinski definition) is 4. The lowest BCUT2D eigenvalue weighted by atomic mass is 9.77. The molecule has 0 aromatic rings. The topological polar surface area (TPSA) is 73.6 Å². The molecule has 1 atom stereocenters. The number of ether oxygens (including phenoxy) is 2. The number of nitrogens with two attached hydrogens (primary N) is 1. The summed E-state index contributed by atoms with van der Waals surface area (Å²) in [6.07, 6.45) is 5.44. The van der Waals surface area contributed by atoms with Crippen LogP contribution in [-0.2, 0) is 14.3 Å². The highest BCUT2D eigenvalue weighted by atomic mass is 16.5. The van der Waals surface area contributed by atoms with Crippen LogP contribution in [0.1, 0.15) is 46.0 Å². The van der Waals surface area contributed by atoms with Crippen LogP contribution >= 0.6 is 0 Å². The van der Waals surface area contributed by atoms with Gasteiger partial charge in [0, 0.05) is 19.7 Å². The molecule has 0 aromatic heterocycles. The van der Waals surface area contributed by atoms with Gasteiger partial charge in [-0.05, 0) is 38.5 Å². The molecule has 1 unspecified atom stereocenters. The van der Waals surface area contributed by atoms with Crippen LogP contribution in [0.3, 0.4) is 0 Å². The lowest BCUT2D eigenvalue weighted by molar-refractivity contribution is -0.137. The van der Waals surface area contributed by atoms with E-state index in [-0.39, 0.29) is 24.2 Å². The van der Waals surface area contributed by atoms with Crippen molar-refractivity contribution in [2.75, 3.05) is 26.9 Å². The van der Waals surface area contributed by atoms with Crippen molar-refractivity contribution < 1.29 is 14.3 Å². The molecule has 0 saturated heterocycles. The first-order valence-electron chi connectivity index (χ1n) is 7.67. The highest BCUT2D eigenvalue weighted by molar-refractivity contribution is 5.77. The van der Waals surface area contributed by atoms with Crippen molar-refractivity contribution in [2.24, 2.45) is 11.7 Å². The van der Waals surface area contributed by atoms with Gasteiger partial charge < -0.3 is 20.5 Å². The van der Waals surface area contributed by atoms with Gasteiger partial charge in [0.05, 0.1) is 12.2 Å². The minimum Gasteiger partial charge on any atom is -0.383 e. The van der Waals surface area contributed by atoms with Crippen LogP contribution in [0.5, 0.6) is 0 Å². The van der Waals surface area contributed by atoms with E-state index in [1.54, 1.807) is 7.11 Å². The van der Waals surface area contributed by atoms with Gasteiger partial charge in [-0.15, -0.1) is 0 Å². The molecule has 1 saturated carbocycles. The zero-order valence-corrected chi connectivity index (χ0v) is 13.1. The average molecular weight is 286 g/mol. The molecule has 1 aliphatic rings. The second-order valence-corrected chi connectivity index (χ2v) is 5.95. The summed E-state index contributed by atoms with van der Waals surface area (Å²) in [5, 5.41) is 2.85. The molecule has 0 aromatic carbocycles. The number of carbonyl (C=O) groups excluding carboxylic acids is 1. The Morgan fingerprint density at radius 3 is 2.60 bits per heavy atom. The van der Waals surface area contributed by atoms with Gasteiger partial charge in [-0.1, -0.05) is 13.3 Å². The van der Waals surface area contributed by atoms with E-state index in [9.17, 15) is 4.79 Å². The van der Waals surface area contributed by atoms with Crippen molar-refractivity contribution in [2.45, 2.75) is 57.6 Å². The summed E-state index contributed by atoms with van der Waals surface area (Å²) in [5.41, 5.74) is 5.59. The summed E-state index contributed by atoms with van der Waals surface area (Å²) >= 11 is 0. The maximum Gasteiger partial charge on any atom is 0.246 e. The molecule has 5 nitrogen and oxygen atoms in total. The van der Waals surface area contributed by atoms with Crippen molar-refractivity contribution in [1.82, 2.24) is 5.32 Å². The highest BCUT2D eigenvalue weighted by Crippen LogP contribution is 2.35. The third-order valence-corrected chi connectivity index (χ3v) is 4.30. The fraction of sp³-hybridized carbons (Fsp3) is 0.933. The Morgan fingerprint density at radius 1 is 1.45 bits per heavy atom. The molecule has 5 heteroatoms. The van der Waals surface area contributed by atoms with Crippen LogP contribution < -0.4 is 11.1 Å². The Balaban J connectivity index is 2.36. The average Bonchev–Trinajstić information content (AvgIpc) is 2.46. The second kappa shape index (κ2) is 8.60. The van der Waals surface area contributed by atoms with Crippen molar-refractivity contribution in [3.8, 4) is 0 Å². The molecule has 0 spiro atoms. The molecule has 0 bridgehead atoms. The summed E-state index contributed by atoms with van der Waals surface area (Å²) in [5.74, 6) is 0.689. The zero-order chi connectivity index (χ0) is 15.0. The minimum absolute atomic E-state index is 0.000698. The molecule has 1 rings (SSSR count). The van der Waals surface area contributed by atoms with Gasteiger partial charge in [-0.25, -0.2) is 0 Å². The Labute approximate surface area is 122 Å². The predicted molar refractivity (Wildman–Crippen MR) is 79.5 cm³/mol. The fourth-order valence-corrected chi connectivity index (χ4v) is 2.85. The molecule has 3 N–H and O–H groups in total. The standard InChI is InChI=1S/C15H30N2O3/c1-4-13-5-7-15(11-16,8-6-13)20-10-14(18)17-12(2)9-19-3/h12-13H,4-11,16H2,1-3H3,(H,17,18). The summed E-state index contributed by atoms with van der Waals surface area (Å²) in [4.78, 5) is 11.8. The van der Waals surface area contributed by atoms with E-state index in [0.717, 1.165) is 31.6 Å². The third-order valence-electron chi connectivity index (χ3n) is 4.30. The number of hydrogen-bond donors (Lipinski definition) is 2. The molecule has 0 radical (unpaired) electrons. The molecule has 1 fully saturated rings.